The standard InChI is InChI=1S/C17H16ClN3O/c1-2-21-11-12(14-5-3-4-6-15(14)21)9-17(22)20-13-7-8-16(18)19-10-13/h3-8,10-11H,2,9H2,1H3,(H,20,22). The van der Waals surface area contributed by atoms with Crippen LogP contribution in [-0.2, 0) is 17.8 Å². The van der Waals surface area contributed by atoms with Gasteiger partial charge in [0.15, 0.2) is 0 Å². The van der Waals surface area contributed by atoms with Gasteiger partial charge >= 0.3 is 0 Å². The van der Waals surface area contributed by atoms with Crippen LogP contribution < -0.4 is 5.32 Å². The van der Waals surface area contributed by atoms with Crippen molar-refractivity contribution in [3.05, 3.63) is 59.5 Å². The average molecular weight is 314 g/mol. The van der Waals surface area contributed by atoms with Crippen LogP contribution in [0.5, 0.6) is 0 Å². The van der Waals surface area contributed by atoms with Gasteiger partial charge in [-0.1, -0.05) is 29.8 Å². The van der Waals surface area contributed by atoms with Gasteiger partial charge in [-0.2, -0.15) is 0 Å². The lowest BCUT2D eigenvalue weighted by atomic mass is 10.1. The van der Waals surface area contributed by atoms with Crippen LogP contribution in [0.15, 0.2) is 48.8 Å². The van der Waals surface area contributed by atoms with Gasteiger partial charge in [0.05, 0.1) is 18.3 Å². The van der Waals surface area contributed by atoms with Gasteiger partial charge in [-0.25, -0.2) is 4.98 Å². The minimum absolute atomic E-state index is 0.0665. The molecule has 0 saturated heterocycles. The molecule has 1 amide bonds. The first-order chi connectivity index (χ1) is 10.7. The third-order valence-corrected chi connectivity index (χ3v) is 3.80. The summed E-state index contributed by atoms with van der Waals surface area (Å²) in [5, 5.41) is 4.37. The zero-order chi connectivity index (χ0) is 15.5. The molecule has 3 aromatic rings. The number of nitrogens with one attached hydrogen (secondary N) is 1. The summed E-state index contributed by atoms with van der Waals surface area (Å²) in [6.45, 7) is 2.97. The second kappa shape index (κ2) is 6.20. The third kappa shape index (κ3) is 2.97. The molecule has 112 valence electrons. The molecule has 0 unspecified atom stereocenters. The van der Waals surface area contributed by atoms with Gasteiger partial charge in [-0.05, 0) is 30.7 Å². The van der Waals surface area contributed by atoms with Crippen LogP contribution >= 0.6 is 11.6 Å². The number of amides is 1. The van der Waals surface area contributed by atoms with Crippen LogP contribution in [0.1, 0.15) is 12.5 Å². The first-order valence-electron chi connectivity index (χ1n) is 7.15. The maximum atomic E-state index is 12.2. The van der Waals surface area contributed by atoms with E-state index < -0.39 is 0 Å². The Balaban J connectivity index is 1.80. The highest BCUT2D eigenvalue weighted by molar-refractivity contribution is 6.29. The van der Waals surface area contributed by atoms with Gasteiger partial charge < -0.3 is 9.88 Å². The van der Waals surface area contributed by atoms with E-state index >= 15 is 0 Å². The Morgan fingerprint density at radius 3 is 2.82 bits per heavy atom. The largest absolute Gasteiger partial charge is 0.347 e. The molecule has 0 atom stereocenters. The van der Waals surface area contributed by atoms with Gasteiger partial charge in [-0.3, -0.25) is 4.79 Å². The molecule has 2 heterocycles. The second-order valence-corrected chi connectivity index (χ2v) is 5.44. The SMILES string of the molecule is CCn1cc(CC(=O)Nc2ccc(Cl)nc2)c2ccccc21. The van der Waals surface area contributed by atoms with Crippen LogP contribution in [0, 0.1) is 0 Å². The van der Waals surface area contributed by atoms with E-state index in [1.54, 1.807) is 18.3 Å². The Kier molecular flexibility index (Phi) is 4.11. The number of fused-ring (bicyclic) bond motifs is 1. The molecule has 0 saturated carbocycles. The van der Waals surface area contributed by atoms with Crippen LogP contribution in [-0.4, -0.2) is 15.5 Å². The number of rotatable bonds is 4. The summed E-state index contributed by atoms with van der Waals surface area (Å²) >= 11 is 5.74. The van der Waals surface area contributed by atoms with E-state index in [4.69, 9.17) is 11.6 Å². The molecule has 0 fully saturated rings. The number of hydrogen-bond acceptors (Lipinski definition) is 2. The van der Waals surface area contributed by atoms with E-state index in [2.05, 4.69) is 27.9 Å². The van der Waals surface area contributed by atoms with Crippen LogP contribution in [0.2, 0.25) is 5.15 Å². The number of nitrogens with zero attached hydrogens (tertiary/aromatic N) is 2. The molecule has 0 radical (unpaired) electrons. The maximum absolute atomic E-state index is 12.2. The molecule has 1 aromatic carbocycles. The quantitative estimate of drug-likeness (QED) is 0.743. The van der Waals surface area contributed by atoms with Crippen molar-refractivity contribution < 1.29 is 4.79 Å². The Hall–Kier alpha value is -2.33. The van der Waals surface area contributed by atoms with E-state index in [1.165, 1.54) is 0 Å². The lowest BCUT2D eigenvalue weighted by Gasteiger charge is -2.04. The van der Waals surface area contributed by atoms with Gasteiger partial charge in [0.25, 0.3) is 0 Å². The number of anilines is 1. The van der Waals surface area contributed by atoms with Crippen molar-refractivity contribution in [3.63, 3.8) is 0 Å². The fraction of sp³-hybridized carbons (Fsp3) is 0.176. The average Bonchev–Trinajstić information content (AvgIpc) is 2.88. The molecule has 0 aliphatic heterocycles. The number of carbonyl (C=O) groups is 1. The molecule has 4 nitrogen and oxygen atoms in total. The normalized spacial score (nSPS) is 10.8. The predicted octanol–water partition coefficient (Wildman–Crippen LogP) is 3.89. The molecular weight excluding hydrogens is 298 g/mol. The molecule has 22 heavy (non-hydrogen) atoms. The van der Waals surface area contributed by atoms with E-state index in [1.807, 2.05) is 24.4 Å². The topological polar surface area (TPSA) is 46.9 Å². The van der Waals surface area contributed by atoms with E-state index in [9.17, 15) is 4.79 Å². The molecule has 3 rings (SSSR count). The molecule has 2 aromatic heterocycles. The molecular formula is C17H16ClN3O. The molecule has 1 N–H and O–H groups in total. The van der Waals surface area contributed by atoms with Gasteiger partial charge in [0.1, 0.15) is 5.15 Å². The predicted molar refractivity (Wildman–Crippen MR) is 89.2 cm³/mol. The minimum Gasteiger partial charge on any atom is -0.347 e. The Morgan fingerprint density at radius 2 is 2.09 bits per heavy atom. The lowest BCUT2D eigenvalue weighted by molar-refractivity contribution is -0.115. The van der Waals surface area contributed by atoms with Crippen molar-refractivity contribution >= 4 is 34.1 Å². The number of halogens is 1. The van der Waals surface area contributed by atoms with E-state index in [0.29, 0.717) is 17.3 Å². The van der Waals surface area contributed by atoms with Crippen LogP contribution in [0.4, 0.5) is 5.69 Å². The highest BCUT2D eigenvalue weighted by Crippen LogP contribution is 2.22. The van der Waals surface area contributed by atoms with Crippen molar-refractivity contribution in [3.8, 4) is 0 Å². The zero-order valence-electron chi connectivity index (χ0n) is 12.2. The molecule has 0 aliphatic rings. The van der Waals surface area contributed by atoms with Gasteiger partial charge in [-0.15, -0.1) is 0 Å². The summed E-state index contributed by atoms with van der Waals surface area (Å²) in [6.07, 6.45) is 3.93. The van der Waals surface area contributed by atoms with Crippen molar-refractivity contribution in [1.82, 2.24) is 9.55 Å². The van der Waals surface area contributed by atoms with Crippen molar-refractivity contribution in [1.29, 1.82) is 0 Å². The minimum atomic E-state index is -0.0665. The van der Waals surface area contributed by atoms with Crippen molar-refractivity contribution in [2.24, 2.45) is 0 Å². The summed E-state index contributed by atoms with van der Waals surface area (Å²) in [4.78, 5) is 16.2. The fourth-order valence-corrected chi connectivity index (χ4v) is 2.67. The first kappa shape index (κ1) is 14.6. The Labute approximate surface area is 133 Å². The summed E-state index contributed by atoms with van der Waals surface area (Å²) in [5.41, 5.74) is 2.83. The number of hydrogen-bond donors (Lipinski definition) is 1. The summed E-state index contributed by atoms with van der Waals surface area (Å²) < 4.78 is 2.15. The highest BCUT2D eigenvalue weighted by atomic mass is 35.5. The molecule has 0 bridgehead atoms. The third-order valence-electron chi connectivity index (χ3n) is 3.57. The molecule has 0 spiro atoms. The Bertz CT molecular complexity index is 808. The lowest BCUT2D eigenvalue weighted by Crippen LogP contribution is -2.14. The molecule has 0 aliphatic carbocycles. The van der Waals surface area contributed by atoms with E-state index in [0.717, 1.165) is 23.0 Å². The second-order valence-electron chi connectivity index (χ2n) is 5.05. The summed E-state index contributed by atoms with van der Waals surface area (Å²) in [6, 6.07) is 11.5. The fourth-order valence-electron chi connectivity index (χ4n) is 2.55. The van der Waals surface area contributed by atoms with Crippen molar-refractivity contribution in [2.45, 2.75) is 19.9 Å². The number of para-hydroxylation sites is 1. The first-order valence-corrected chi connectivity index (χ1v) is 7.53. The maximum Gasteiger partial charge on any atom is 0.228 e. The zero-order valence-corrected chi connectivity index (χ0v) is 13.0. The number of carbonyl (C=O) groups excluding carboxylic acids is 1. The number of aromatic nitrogens is 2. The van der Waals surface area contributed by atoms with Gasteiger partial charge in [0, 0.05) is 23.6 Å². The molecule has 5 heteroatoms. The van der Waals surface area contributed by atoms with Crippen LogP contribution in [0.25, 0.3) is 10.9 Å². The smallest absolute Gasteiger partial charge is 0.228 e. The monoisotopic (exact) mass is 313 g/mol. The van der Waals surface area contributed by atoms with Gasteiger partial charge in [0.2, 0.25) is 5.91 Å². The summed E-state index contributed by atoms with van der Waals surface area (Å²) in [5.74, 6) is -0.0665. The number of benzene rings is 1. The number of pyridine rings is 1. The summed E-state index contributed by atoms with van der Waals surface area (Å²) in [7, 11) is 0. The Morgan fingerprint density at radius 1 is 1.27 bits per heavy atom. The highest BCUT2D eigenvalue weighted by Gasteiger charge is 2.11. The van der Waals surface area contributed by atoms with E-state index in [-0.39, 0.29) is 5.91 Å². The van der Waals surface area contributed by atoms with Crippen molar-refractivity contribution in [2.75, 3.05) is 5.32 Å². The number of aryl methyl sites for hydroxylation is 1. The van der Waals surface area contributed by atoms with Crippen LogP contribution in [0.3, 0.4) is 0 Å².